The predicted molar refractivity (Wildman–Crippen MR) is 132 cm³/mol. The van der Waals surface area contributed by atoms with Gasteiger partial charge in [-0.2, -0.15) is 0 Å². The summed E-state index contributed by atoms with van der Waals surface area (Å²) >= 11 is 1.32. The van der Waals surface area contributed by atoms with Crippen molar-refractivity contribution in [3.63, 3.8) is 0 Å². The fraction of sp³-hybridized carbons (Fsp3) is 0.423. The third-order valence-electron chi connectivity index (χ3n) is 6.39. The number of thioether (sulfide) groups is 1. The summed E-state index contributed by atoms with van der Waals surface area (Å²) in [7, 11) is 3.16. The van der Waals surface area contributed by atoms with Gasteiger partial charge in [0.1, 0.15) is 16.2 Å². The van der Waals surface area contributed by atoms with Crippen LogP contribution in [0.15, 0.2) is 53.4 Å². The highest BCUT2D eigenvalue weighted by Gasteiger charge is 2.61. The molecule has 0 saturated carbocycles. The highest BCUT2D eigenvalue weighted by Crippen LogP contribution is 2.54. The molecule has 8 nitrogen and oxygen atoms in total. The van der Waals surface area contributed by atoms with Gasteiger partial charge in [0, 0.05) is 18.0 Å². The summed E-state index contributed by atoms with van der Waals surface area (Å²) in [5.41, 5.74) is 0.665. The number of hydrogen-bond acceptors (Lipinski definition) is 7. The number of hydrogen-bond donors (Lipinski definition) is 0. The van der Waals surface area contributed by atoms with Gasteiger partial charge in [0.05, 0.1) is 33.3 Å². The molecular formula is C26H30N2O6S. The molecule has 186 valence electrons. The maximum atomic E-state index is 14.2. The lowest BCUT2D eigenvalue weighted by Gasteiger charge is -2.37. The second-order valence-corrected chi connectivity index (χ2v) is 9.89. The van der Waals surface area contributed by atoms with Crippen LogP contribution in [-0.4, -0.2) is 66.4 Å². The van der Waals surface area contributed by atoms with Crippen molar-refractivity contribution in [1.82, 2.24) is 9.80 Å². The van der Waals surface area contributed by atoms with Crippen LogP contribution in [0.1, 0.15) is 37.8 Å². The summed E-state index contributed by atoms with van der Waals surface area (Å²) in [5.74, 6) is 0.756. The third-order valence-corrected chi connectivity index (χ3v) is 7.81. The highest BCUT2D eigenvalue weighted by molar-refractivity contribution is 8.01. The lowest BCUT2D eigenvalue weighted by Crippen LogP contribution is -2.50. The Balaban J connectivity index is 1.85. The zero-order chi connectivity index (χ0) is 25.0. The van der Waals surface area contributed by atoms with Crippen molar-refractivity contribution in [2.75, 3.05) is 33.9 Å². The number of benzene rings is 2. The van der Waals surface area contributed by atoms with Crippen LogP contribution in [0.3, 0.4) is 0 Å². The van der Waals surface area contributed by atoms with Crippen molar-refractivity contribution in [2.24, 2.45) is 0 Å². The summed E-state index contributed by atoms with van der Waals surface area (Å²) in [4.78, 5) is 44.4. The first-order valence-corrected chi connectivity index (χ1v) is 12.5. The first-order valence-electron chi connectivity index (χ1n) is 11.7. The van der Waals surface area contributed by atoms with Crippen LogP contribution in [0, 0.1) is 0 Å². The number of carbonyl (C=O) groups excluding carboxylic acids is 3. The standard InChI is InChI=1S/C26H30N2O6S/c1-4-34-25(31)28-22(29)17-26(24(30)27-15-5-6-16-27,35-21-13-11-20(33-3)12-14-21)23(28)18-7-9-19(32-2)10-8-18/h7-14,23H,4-6,15-17H2,1-3H3/t23-,26-/m1/s1. The Bertz CT molecular complexity index is 1070. The van der Waals surface area contributed by atoms with E-state index in [1.807, 2.05) is 29.2 Å². The van der Waals surface area contributed by atoms with E-state index in [-0.39, 0.29) is 18.9 Å². The number of likely N-dealkylation sites (tertiary alicyclic amines) is 2. The van der Waals surface area contributed by atoms with Gasteiger partial charge in [-0.15, -0.1) is 11.8 Å². The summed E-state index contributed by atoms with van der Waals surface area (Å²) < 4.78 is 14.6. The molecule has 2 aliphatic heterocycles. The summed E-state index contributed by atoms with van der Waals surface area (Å²) in [6.07, 6.45) is 0.967. The Kier molecular flexibility index (Phi) is 7.54. The molecule has 2 aromatic carbocycles. The fourth-order valence-electron chi connectivity index (χ4n) is 4.73. The van der Waals surface area contributed by atoms with Gasteiger partial charge < -0.3 is 19.1 Å². The molecule has 2 aromatic rings. The highest BCUT2D eigenvalue weighted by atomic mass is 32.2. The molecule has 2 fully saturated rings. The Hall–Kier alpha value is -3.20. The van der Waals surface area contributed by atoms with Crippen LogP contribution in [0.2, 0.25) is 0 Å². The topological polar surface area (TPSA) is 85.4 Å². The van der Waals surface area contributed by atoms with Crippen LogP contribution in [0.25, 0.3) is 0 Å². The van der Waals surface area contributed by atoms with Crippen molar-refractivity contribution in [2.45, 2.75) is 41.9 Å². The van der Waals surface area contributed by atoms with E-state index in [9.17, 15) is 14.4 Å². The zero-order valence-electron chi connectivity index (χ0n) is 20.2. The smallest absolute Gasteiger partial charge is 0.417 e. The fourth-order valence-corrected chi connectivity index (χ4v) is 6.19. The Labute approximate surface area is 209 Å². The molecule has 35 heavy (non-hydrogen) atoms. The van der Waals surface area contributed by atoms with Gasteiger partial charge in [-0.25, -0.2) is 9.69 Å². The van der Waals surface area contributed by atoms with E-state index in [1.165, 1.54) is 11.8 Å². The molecular weight excluding hydrogens is 468 g/mol. The first-order chi connectivity index (χ1) is 16.9. The van der Waals surface area contributed by atoms with Crippen molar-refractivity contribution in [3.8, 4) is 11.5 Å². The van der Waals surface area contributed by atoms with Crippen LogP contribution < -0.4 is 9.47 Å². The Morgan fingerprint density at radius 3 is 2.09 bits per heavy atom. The zero-order valence-corrected chi connectivity index (χ0v) is 21.0. The maximum Gasteiger partial charge on any atom is 0.417 e. The van der Waals surface area contributed by atoms with Gasteiger partial charge in [-0.1, -0.05) is 12.1 Å². The lowest BCUT2D eigenvalue weighted by atomic mass is 9.91. The quantitative estimate of drug-likeness (QED) is 0.563. The van der Waals surface area contributed by atoms with Gasteiger partial charge >= 0.3 is 6.09 Å². The van der Waals surface area contributed by atoms with Gasteiger partial charge in [-0.05, 0) is 61.7 Å². The minimum absolute atomic E-state index is 0.117. The minimum Gasteiger partial charge on any atom is -0.497 e. The van der Waals surface area contributed by atoms with Crippen LogP contribution in [0.5, 0.6) is 11.5 Å². The van der Waals surface area contributed by atoms with Gasteiger partial charge in [0.25, 0.3) is 0 Å². The average molecular weight is 499 g/mol. The molecule has 0 spiro atoms. The van der Waals surface area contributed by atoms with Crippen molar-refractivity contribution in [1.29, 1.82) is 0 Å². The number of methoxy groups -OCH3 is 2. The molecule has 0 unspecified atom stereocenters. The number of nitrogens with zero attached hydrogens (tertiary/aromatic N) is 2. The molecule has 0 bridgehead atoms. The second kappa shape index (κ2) is 10.6. The molecule has 9 heteroatoms. The Morgan fingerprint density at radius 1 is 0.971 bits per heavy atom. The van der Waals surface area contributed by atoms with E-state index in [0.717, 1.165) is 22.6 Å². The first kappa shape index (κ1) is 24.9. The summed E-state index contributed by atoms with van der Waals surface area (Å²) in [6.45, 7) is 3.07. The normalized spacial score (nSPS) is 21.8. The predicted octanol–water partition coefficient (Wildman–Crippen LogP) is 4.29. The monoisotopic (exact) mass is 498 g/mol. The van der Waals surface area contributed by atoms with E-state index in [0.29, 0.717) is 30.2 Å². The van der Waals surface area contributed by atoms with E-state index in [4.69, 9.17) is 14.2 Å². The molecule has 0 aliphatic carbocycles. The largest absolute Gasteiger partial charge is 0.497 e. The van der Waals surface area contributed by atoms with E-state index in [1.54, 1.807) is 45.4 Å². The number of imide groups is 1. The molecule has 0 aromatic heterocycles. The number of ether oxygens (including phenoxy) is 3. The molecule has 0 N–H and O–H groups in total. The van der Waals surface area contributed by atoms with Gasteiger partial charge in [-0.3, -0.25) is 9.59 Å². The molecule has 2 atom stereocenters. The molecule has 4 rings (SSSR count). The van der Waals surface area contributed by atoms with Crippen molar-refractivity contribution >= 4 is 29.7 Å². The lowest BCUT2D eigenvalue weighted by molar-refractivity contribution is -0.133. The van der Waals surface area contributed by atoms with E-state index in [2.05, 4.69) is 0 Å². The second-order valence-electron chi connectivity index (χ2n) is 8.48. The van der Waals surface area contributed by atoms with Gasteiger partial charge in [0.2, 0.25) is 11.8 Å². The summed E-state index contributed by atoms with van der Waals surface area (Å²) in [5, 5.41) is 0. The van der Waals surface area contributed by atoms with Gasteiger partial charge in [0.15, 0.2) is 0 Å². The molecule has 2 heterocycles. The molecule has 0 radical (unpaired) electrons. The van der Waals surface area contributed by atoms with Crippen molar-refractivity contribution < 1.29 is 28.6 Å². The number of rotatable bonds is 7. The van der Waals surface area contributed by atoms with E-state index < -0.39 is 22.8 Å². The summed E-state index contributed by atoms with van der Waals surface area (Å²) in [6, 6.07) is 13.7. The Morgan fingerprint density at radius 2 is 1.54 bits per heavy atom. The van der Waals surface area contributed by atoms with Crippen LogP contribution >= 0.6 is 11.8 Å². The average Bonchev–Trinajstić information content (AvgIpc) is 3.51. The number of carbonyl (C=O) groups is 3. The molecule has 2 aliphatic rings. The van der Waals surface area contributed by atoms with Crippen molar-refractivity contribution in [3.05, 3.63) is 54.1 Å². The van der Waals surface area contributed by atoms with Crippen LogP contribution in [0.4, 0.5) is 4.79 Å². The third kappa shape index (κ3) is 4.82. The van der Waals surface area contributed by atoms with E-state index >= 15 is 0 Å². The molecule has 2 saturated heterocycles. The SMILES string of the molecule is CCOC(=O)N1C(=O)C[C@](Sc2ccc(OC)cc2)(C(=O)N2CCCC2)[C@H]1c1ccc(OC)cc1. The van der Waals surface area contributed by atoms with Crippen LogP contribution in [-0.2, 0) is 14.3 Å². The maximum absolute atomic E-state index is 14.2. The minimum atomic E-state index is -1.25. The molecule has 3 amide bonds. The number of amides is 3.